The zero-order valence-electron chi connectivity index (χ0n) is 11.0. The molecule has 0 radical (unpaired) electrons. The highest BCUT2D eigenvalue weighted by Crippen LogP contribution is 2.30. The molecular formula is C14H28O. The predicted octanol–water partition coefficient (Wildman–Crippen LogP) is 4.58. The second kappa shape index (κ2) is 10.2. The number of hydrogen-bond donors (Lipinski definition) is 0. The van der Waals surface area contributed by atoms with Crippen LogP contribution in [0.3, 0.4) is 0 Å². The van der Waals surface area contributed by atoms with E-state index in [1.54, 1.807) is 12.7 Å². The topological polar surface area (TPSA) is 9.23 Å². The fourth-order valence-electron chi connectivity index (χ4n) is 2.26. The molecule has 1 aliphatic rings. The van der Waals surface area contributed by atoms with E-state index in [2.05, 4.69) is 13.0 Å². The summed E-state index contributed by atoms with van der Waals surface area (Å²) in [4.78, 5) is 0. The van der Waals surface area contributed by atoms with Crippen molar-refractivity contribution in [3.8, 4) is 0 Å². The average Bonchev–Trinajstić information content (AvgIpc) is 2.34. The molecule has 0 unspecified atom stereocenters. The second-order valence-corrected chi connectivity index (χ2v) is 3.92. The molecule has 0 aromatic carbocycles. The second-order valence-electron chi connectivity index (χ2n) is 3.92. The molecule has 15 heavy (non-hydrogen) atoms. The third-order valence-corrected chi connectivity index (χ3v) is 3.05. The summed E-state index contributed by atoms with van der Waals surface area (Å²) in [5.41, 5.74) is 1.63. The molecular weight excluding hydrogens is 184 g/mol. The van der Waals surface area contributed by atoms with Crippen LogP contribution in [-0.4, -0.2) is 13.7 Å². The van der Waals surface area contributed by atoms with Crippen LogP contribution in [0.15, 0.2) is 11.6 Å². The molecule has 0 amide bonds. The minimum Gasteiger partial charge on any atom is -0.381 e. The first-order valence-corrected chi connectivity index (χ1v) is 6.56. The van der Waals surface area contributed by atoms with Gasteiger partial charge in [-0.2, -0.15) is 0 Å². The van der Waals surface area contributed by atoms with E-state index >= 15 is 0 Å². The van der Waals surface area contributed by atoms with Crippen LogP contribution >= 0.6 is 0 Å². The van der Waals surface area contributed by atoms with Gasteiger partial charge in [0.1, 0.15) is 0 Å². The van der Waals surface area contributed by atoms with Gasteiger partial charge in [0.05, 0.1) is 6.61 Å². The smallest absolute Gasteiger partial charge is 0.0646 e. The average molecular weight is 212 g/mol. The summed E-state index contributed by atoms with van der Waals surface area (Å²) in [7, 11) is 1.77. The predicted molar refractivity (Wildman–Crippen MR) is 68.2 cm³/mol. The first-order chi connectivity index (χ1) is 7.38. The van der Waals surface area contributed by atoms with Gasteiger partial charge in [0.2, 0.25) is 0 Å². The molecule has 0 aromatic rings. The zero-order chi connectivity index (χ0) is 11.5. The van der Waals surface area contributed by atoms with Crippen molar-refractivity contribution < 1.29 is 4.74 Å². The maximum atomic E-state index is 5.09. The van der Waals surface area contributed by atoms with Crippen molar-refractivity contribution in [2.24, 2.45) is 5.92 Å². The highest BCUT2D eigenvalue weighted by molar-refractivity contribution is 5.07. The summed E-state index contributed by atoms with van der Waals surface area (Å²) < 4.78 is 5.09. The van der Waals surface area contributed by atoms with Crippen molar-refractivity contribution in [3.63, 3.8) is 0 Å². The summed E-state index contributed by atoms with van der Waals surface area (Å²) >= 11 is 0. The number of hydrogen-bond acceptors (Lipinski definition) is 1. The van der Waals surface area contributed by atoms with Gasteiger partial charge in [0.15, 0.2) is 0 Å². The Balaban J connectivity index is 0.000000921. The SMILES string of the molecule is CC.CC/C(=C\COC)C1CCCCC1. The normalized spacial score (nSPS) is 18.3. The molecule has 1 fully saturated rings. The first kappa shape index (κ1) is 14.7. The first-order valence-electron chi connectivity index (χ1n) is 6.56. The van der Waals surface area contributed by atoms with Crippen LogP contribution < -0.4 is 0 Å². The van der Waals surface area contributed by atoms with Gasteiger partial charge in [-0.15, -0.1) is 0 Å². The van der Waals surface area contributed by atoms with Crippen LogP contribution in [0, 0.1) is 5.92 Å². The van der Waals surface area contributed by atoms with Crippen LogP contribution in [0.1, 0.15) is 59.3 Å². The third-order valence-electron chi connectivity index (χ3n) is 3.05. The fraction of sp³-hybridized carbons (Fsp3) is 0.857. The Labute approximate surface area is 95.9 Å². The lowest BCUT2D eigenvalue weighted by atomic mass is 9.82. The van der Waals surface area contributed by atoms with Gasteiger partial charge in [0.25, 0.3) is 0 Å². The van der Waals surface area contributed by atoms with Gasteiger partial charge in [-0.1, -0.05) is 51.7 Å². The Morgan fingerprint density at radius 1 is 1.20 bits per heavy atom. The van der Waals surface area contributed by atoms with E-state index in [1.807, 2.05) is 13.8 Å². The van der Waals surface area contributed by atoms with Gasteiger partial charge >= 0.3 is 0 Å². The van der Waals surface area contributed by atoms with Crippen molar-refractivity contribution in [1.29, 1.82) is 0 Å². The zero-order valence-corrected chi connectivity index (χ0v) is 11.0. The van der Waals surface area contributed by atoms with E-state index in [9.17, 15) is 0 Å². The molecule has 0 aromatic heterocycles. The van der Waals surface area contributed by atoms with Crippen LogP contribution in [-0.2, 0) is 4.74 Å². The molecule has 1 saturated carbocycles. The standard InChI is InChI=1S/C12H22O.C2H6/c1-3-11(9-10-13-2)12-7-5-4-6-8-12;1-2/h9,12H,3-8,10H2,1-2H3;1-2H3/b11-9+;. The Kier molecular flexibility index (Phi) is 10.0. The molecule has 0 bridgehead atoms. The minimum atomic E-state index is 0.791. The van der Waals surface area contributed by atoms with Crippen molar-refractivity contribution >= 4 is 0 Å². The lowest BCUT2D eigenvalue weighted by molar-refractivity contribution is 0.231. The van der Waals surface area contributed by atoms with Crippen molar-refractivity contribution in [3.05, 3.63) is 11.6 Å². The van der Waals surface area contributed by atoms with E-state index in [-0.39, 0.29) is 0 Å². The molecule has 0 heterocycles. The highest BCUT2D eigenvalue weighted by Gasteiger charge is 2.15. The van der Waals surface area contributed by atoms with Gasteiger partial charge in [-0.25, -0.2) is 0 Å². The maximum Gasteiger partial charge on any atom is 0.0646 e. The van der Waals surface area contributed by atoms with Crippen LogP contribution in [0.2, 0.25) is 0 Å². The Bertz CT molecular complexity index is 155. The van der Waals surface area contributed by atoms with Crippen LogP contribution in [0.4, 0.5) is 0 Å². The number of methoxy groups -OCH3 is 1. The summed E-state index contributed by atoms with van der Waals surface area (Å²) in [5, 5.41) is 0. The number of ether oxygens (including phenoxy) is 1. The van der Waals surface area contributed by atoms with Crippen LogP contribution in [0.25, 0.3) is 0 Å². The summed E-state index contributed by atoms with van der Waals surface area (Å²) in [6.07, 6.45) is 10.6. The Hall–Kier alpha value is -0.300. The highest BCUT2D eigenvalue weighted by atomic mass is 16.5. The monoisotopic (exact) mass is 212 g/mol. The lowest BCUT2D eigenvalue weighted by Gasteiger charge is -2.23. The van der Waals surface area contributed by atoms with E-state index < -0.39 is 0 Å². The summed E-state index contributed by atoms with van der Waals surface area (Å²) in [5.74, 6) is 0.869. The quantitative estimate of drug-likeness (QED) is 0.620. The van der Waals surface area contributed by atoms with E-state index in [1.165, 1.54) is 38.5 Å². The van der Waals surface area contributed by atoms with E-state index in [0.717, 1.165) is 12.5 Å². The summed E-state index contributed by atoms with van der Waals surface area (Å²) in [6, 6.07) is 0. The van der Waals surface area contributed by atoms with Gasteiger partial charge in [0, 0.05) is 7.11 Å². The van der Waals surface area contributed by atoms with E-state index in [0.29, 0.717) is 0 Å². The largest absolute Gasteiger partial charge is 0.381 e. The summed E-state index contributed by atoms with van der Waals surface area (Å²) in [6.45, 7) is 7.05. The molecule has 0 atom stereocenters. The molecule has 1 heteroatoms. The molecule has 1 aliphatic carbocycles. The van der Waals surface area contributed by atoms with Gasteiger partial charge in [-0.05, 0) is 25.2 Å². The lowest BCUT2D eigenvalue weighted by Crippen LogP contribution is -2.09. The molecule has 90 valence electrons. The Morgan fingerprint density at radius 3 is 2.27 bits per heavy atom. The van der Waals surface area contributed by atoms with Crippen molar-refractivity contribution in [2.45, 2.75) is 59.3 Å². The molecule has 0 saturated heterocycles. The number of allylic oxidation sites excluding steroid dienone is 1. The van der Waals surface area contributed by atoms with E-state index in [4.69, 9.17) is 4.74 Å². The Morgan fingerprint density at radius 2 is 1.80 bits per heavy atom. The minimum absolute atomic E-state index is 0.791. The third kappa shape index (κ3) is 5.99. The molecule has 1 nitrogen and oxygen atoms in total. The number of rotatable bonds is 4. The fourth-order valence-corrected chi connectivity index (χ4v) is 2.26. The maximum absolute atomic E-state index is 5.09. The molecule has 0 N–H and O–H groups in total. The molecule has 1 rings (SSSR count). The van der Waals surface area contributed by atoms with Gasteiger partial charge < -0.3 is 4.74 Å². The van der Waals surface area contributed by atoms with Gasteiger partial charge in [-0.3, -0.25) is 0 Å². The molecule has 0 spiro atoms. The molecule has 0 aliphatic heterocycles. The van der Waals surface area contributed by atoms with Crippen molar-refractivity contribution in [2.75, 3.05) is 13.7 Å². The van der Waals surface area contributed by atoms with Crippen molar-refractivity contribution in [1.82, 2.24) is 0 Å². The van der Waals surface area contributed by atoms with Crippen LogP contribution in [0.5, 0.6) is 0 Å².